The Labute approximate surface area is 151 Å². The Morgan fingerprint density at radius 3 is 3.00 bits per heavy atom. The van der Waals surface area contributed by atoms with Crippen LogP contribution in [0.25, 0.3) is 0 Å². The number of ether oxygens (including phenoxy) is 2. The average molecular weight is 361 g/mol. The van der Waals surface area contributed by atoms with Gasteiger partial charge in [-0.1, -0.05) is 0 Å². The molecule has 25 heavy (non-hydrogen) atoms. The third-order valence-corrected chi connectivity index (χ3v) is 4.86. The van der Waals surface area contributed by atoms with E-state index in [9.17, 15) is 4.79 Å². The van der Waals surface area contributed by atoms with E-state index in [1.165, 1.54) is 0 Å². The van der Waals surface area contributed by atoms with Gasteiger partial charge < -0.3 is 14.8 Å². The van der Waals surface area contributed by atoms with E-state index in [2.05, 4.69) is 10.4 Å². The molecule has 1 aromatic carbocycles. The summed E-state index contributed by atoms with van der Waals surface area (Å²) in [6.45, 7) is 4.01. The van der Waals surface area contributed by atoms with Gasteiger partial charge in [0.1, 0.15) is 13.2 Å². The molecule has 0 fully saturated rings. The molecular weight excluding hydrogens is 338 g/mol. The van der Waals surface area contributed by atoms with Gasteiger partial charge in [-0.3, -0.25) is 9.48 Å². The van der Waals surface area contributed by atoms with Gasteiger partial charge in [-0.15, -0.1) is 11.8 Å². The van der Waals surface area contributed by atoms with Crippen LogP contribution in [0.15, 0.2) is 41.6 Å². The number of aromatic nitrogens is 2. The minimum atomic E-state index is 0.0815. The van der Waals surface area contributed by atoms with Crippen molar-refractivity contribution in [2.75, 3.05) is 19.0 Å². The Kier molecular flexibility index (Phi) is 6.22. The second kappa shape index (κ2) is 8.80. The van der Waals surface area contributed by atoms with Gasteiger partial charge in [0.2, 0.25) is 5.91 Å². The number of nitrogens with one attached hydrogen (secondary N) is 1. The van der Waals surface area contributed by atoms with Crippen molar-refractivity contribution in [2.45, 2.75) is 37.2 Å². The largest absolute Gasteiger partial charge is 0.486 e. The second-order valence-corrected chi connectivity index (χ2v) is 7.10. The predicted molar refractivity (Wildman–Crippen MR) is 97.2 cm³/mol. The normalized spacial score (nSPS) is 14.1. The number of fused-ring (bicyclic) bond motifs is 1. The summed E-state index contributed by atoms with van der Waals surface area (Å²) in [5.41, 5.74) is 0. The summed E-state index contributed by atoms with van der Waals surface area (Å²) in [6, 6.07) is 7.94. The third-order valence-electron chi connectivity index (χ3n) is 3.87. The highest BCUT2D eigenvalue weighted by Gasteiger charge is 2.12. The molecule has 0 unspecified atom stereocenters. The molecule has 1 amide bonds. The predicted octanol–water partition coefficient (Wildman–Crippen LogP) is 2.73. The van der Waals surface area contributed by atoms with Crippen LogP contribution in [0.5, 0.6) is 11.5 Å². The summed E-state index contributed by atoms with van der Waals surface area (Å²) in [5, 5.41) is 7.20. The number of amides is 1. The summed E-state index contributed by atoms with van der Waals surface area (Å²) < 4.78 is 13.0. The minimum Gasteiger partial charge on any atom is -0.486 e. The van der Waals surface area contributed by atoms with Crippen LogP contribution in [-0.2, 0) is 11.3 Å². The first kappa shape index (κ1) is 17.7. The maximum atomic E-state index is 12.0. The number of aryl methyl sites for hydroxylation is 1. The second-order valence-electron chi connectivity index (χ2n) is 5.93. The molecule has 1 atom stereocenters. The minimum absolute atomic E-state index is 0.0815. The third kappa shape index (κ3) is 5.42. The maximum Gasteiger partial charge on any atom is 0.221 e. The van der Waals surface area contributed by atoms with E-state index in [4.69, 9.17) is 9.47 Å². The molecular formula is C18H23N3O3S. The van der Waals surface area contributed by atoms with Crippen molar-refractivity contribution in [3.05, 3.63) is 36.7 Å². The molecule has 0 spiro atoms. The van der Waals surface area contributed by atoms with Crippen LogP contribution in [0.4, 0.5) is 0 Å². The van der Waals surface area contributed by atoms with Gasteiger partial charge in [0, 0.05) is 42.0 Å². The molecule has 0 saturated heterocycles. The molecule has 3 rings (SSSR count). The number of hydrogen-bond acceptors (Lipinski definition) is 5. The fourth-order valence-corrected chi connectivity index (χ4v) is 3.43. The topological polar surface area (TPSA) is 65.4 Å². The lowest BCUT2D eigenvalue weighted by molar-refractivity contribution is -0.121. The number of rotatable bonds is 8. The molecule has 2 aromatic rings. The number of thioether (sulfide) groups is 1. The molecule has 0 aliphatic carbocycles. The first-order valence-electron chi connectivity index (χ1n) is 8.50. The van der Waals surface area contributed by atoms with E-state index in [0.717, 1.165) is 35.1 Å². The van der Waals surface area contributed by atoms with E-state index in [-0.39, 0.29) is 11.9 Å². The van der Waals surface area contributed by atoms with E-state index < -0.39 is 0 Å². The molecule has 1 aliphatic heterocycles. The molecule has 0 bridgehead atoms. The highest BCUT2D eigenvalue weighted by atomic mass is 32.2. The van der Waals surface area contributed by atoms with Crippen LogP contribution in [0.2, 0.25) is 0 Å². The summed E-state index contributed by atoms with van der Waals surface area (Å²) in [4.78, 5) is 13.1. The van der Waals surface area contributed by atoms with E-state index in [0.29, 0.717) is 19.6 Å². The zero-order valence-corrected chi connectivity index (χ0v) is 15.1. The fraction of sp³-hybridized carbons (Fsp3) is 0.444. The van der Waals surface area contributed by atoms with Gasteiger partial charge in [0.15, 0.2) is 11.5 Å². The summed E-state index contributed by atoms with van der Waals surface area (Å²) in [7, 11) is 0. The lowest BCUT2D eigenvalue weighted by atomic mass is 10.2. The van der Waals surface area contributed by atoms with Crippen molar-refractivity contribution >= 4 is 17.7 Å². The molecule has 0 saturated carbocycles. The average Bonchev–Trinajstić information content (AvgIpc) is 3.13. The van der Waals surface area contributed by atoms with Crippen LogP contribution in [0.1, 0.15) is 19.8 Å². The Morgan fingerprint density at radius 1 is 1.36 bits per heavy atom. The maximum absolute atomic E-state index is 12.0. The first-order valence-corrected chi connectivity index (χ1v) is 9.48. The highest BCUT2D eigenvalue weighted by molar-refractivity contribution is 7.99. The van der Waals surface area contributed by atoms with E-state index >= 15 is 0 Å². The first-order chi connectivity index (χ1) is 12.2. The number of nitrogens with zero attached hydrogens (tertiary/aromatic N) is 2. The molecule has 1 aromatic heterocycles. The van der Waals surface area contributed by atoms with Crippen LogP contribution in [-0.4, -0.2) is 40.7 Å². The number of carbonyl (C=O) groups excluding carboxylic acids is 1. The Morgan fingerprint density at radius 2 is 2.20 bits per heavy atom. The molecule has 0 radical (unpaired) electrons. The Bertz CT molecular complexity index is 691. The van der Waals surface area contributed by atoms with Crippen LogP contribution < -0.4 is 14.8 Å². The lowest BCUT2D eigenvalue weighted by Gasteiger charge is -2.18. The van der Waals surface area contributed by atoms with Gasteiger partial charge in [-0.2, -0.15) is 5.10 Å². The number of benzene rings is 1. The smallest absolute Gasteiger partial charge is 0.221 e. The highest BCUT2D eigenvalue weighted by Crippen LogP contribution is 2.34. The van der Waals surface area contributed by atoms with E-state index in [1.54, 1.807) is 18.0 Å². The van der Waals surface area contributed by atoms with Gasteiger partial charge >= 0.3 is 0 Å². The van der Waals surface area contributed by atoms with Crippen LogP contribution in [0, 0.1) is 0 Å². The summed E-state index contributed by atoms with van der Waals surface area (Å²) in [6.07, 6.45) is 5.05. The molecule has 7 heteroatoms. The van der Waals surface area contributed by atoms with Gasteiger partial charge in [-0.05, 0) is 37.6 Å². The lowest BCUT2D eigenvalue weighted by Crippen LogP contribution is -2.33. The SMILES string of the molecule is C[C@@H](CCn1cccn1)NC(=O)CCSc1ccc2c(c1)OCCO2. The van der Waals surface area contributed by atoms with Crippen molar-refractivity contribution in [3.8, 4) is 11.5 Å². The zero-order chi connectivity index (χ0) is 17.5. The van der Waals surface area contributed by atoms with Crippen LogP contribution >= 0.6 is 11.8 Å². The Balaban J connectivity index is 1.36. The monoisotopic (exact) mass is 361 g/mol. The van der Waals surface area contributed by atoms with Crippen molar-refractivity contribution in [3.63, 3.8) is 0 Å². The molecule has 6 nitrogen and oxygen atoms in total. The van der Waals surface area contributed by atoms with Crippen molar-refractivity contribution < 1.29 is 14.3 Å². The van der Waals surface area contributed by atoms with Crippen LogP contribution in [0.3, 0.4) is 0 Å². The zero-order valence-electron chi connectivity index (χ0n) is 14.3. The van der Waals surface area contributed by atoms with Crippen molar-refractivity contribution in [2.24, 2.45) is 0 Å². The summed E-state index contributed by atoms with van der Waals surface area (Å²) in [5.74, 6) is 2.39. The van der Waals surface area contributed by atoms with Gasteiger partial charge in [-0.25, -0.2) is 0 Å². The van der Waals surface area contributed by atoms with Crippen molar-refractivity contribution in [1.82, 2.24) is 15.1 Å². The Hall–Kier alpha value is -2.15. The number of hydrogen-bond donors (Lipinski definition) is 1. The quantitative estimate of drug-likeness (QED) is 0.733. The van der Waals surface area contributed by atoms with Crippen molar-refractivity contribution in [1.29, 1.82) is 0 Å². The van der Waals surface area contributed by atoms with E-state index in [1.807, 2.05) is 42.1 Å². The number of carbonyl (C=O) groups is 1. The summed E-state index contributed by atoms with van der Waals surface area (Å²) >= 11 is 1.65. The molecule has 2 heterocycles. The molecule has 1 aliphatic rings. The molecule has 134 valence electrons. The standard InChI is InChI=1S/C18H23N3O3S/c1-14(5-9-21-8-2-7-19-21)20-18(22)6-12-25-15-3-4-16-17(13-15)24-11-10-23-16/h2-4,7-8,13-14H,5-6,9-12H2,1H3,(H,20,22)/t14-/m0/s1. The van der Waals surface area contributed by atoms with Gasteiger partial charge in [0.05, 0.1) is 0 Å². The van der Waals surface area contributed by atoms with Gasteiger partial charge in [0.25, 0.3) is 0 Å². The fourth-order valence-electron chi connectivity index (χ4n) is 2.55. The molecule has 1 N–H and O–H groups in total.